The molecule has 30 heavy (non-hydrogen) atoms. The Labute approximate surface area is 184 Å². The molecule has 1 aromatic carbocycles. The van der Waals surface area contributed by atoms with E-state index >= 15 is 0 Å². The molecular weight excluding hydrogens is 414 g/mol. The van der Waals surface area contributed by atoms with Crippen LogP contribution in [0.3, 0.4) is 0 Å². The molecule has 3 aromatic rings. The number of halogens is 1. The Hall–Kier alpha value is -1.86. The first kappa shape index (κ1) is 21.4. The number of nitrogens with zero attached hydrogens (tertiary/aromatic N) is 3. The van der Waals surface area contributed by atoms with E-state index in [1.54, 1.807) is 0 Å². The molecule has 160 valence electrons. The van der Waals surface area contributed by atoms with Crippen LogP contribution in [0.1, 0.15) is 0 Å². The summed E-state index contributed by atoms with van der Waals surface area (Å²) in [5.41, 5.74) is 3.36. The molecule has 2 aromatic heterocycles. The first-order valence-electron chi connectivity index (χ1n) is 10.6. The Morgan fingerprint density at radius 3 is 2.70 bits per heavy atom. The molecule has 0 unspecified atom stereocenters. The molecule has 4 rings (SSSR count). The van der Waals surface area contributed by atoms with Gasteiger partial charge in [0.25, 0.3) is 0 Å². The van der Waals surface area contributed by atoms with Crippen LogP contribution in [0.5, 0.6) is 0 Å². The monoisotopic (exact) mass is 443 g/mol. The molecule has 0 atom stereocenters. The van der Waals surface area contributed by atoms with Crippen LogP contribution in [0.25, 0.3) is 22.0 Å². The van der Waals surface area contributed by atoms with E-state index in [1.807, 2.05) is 24.4 Å². The van der Waals surface area contributed by atoms with Crippen molar-refractivity contribution in [2.75, 3.05) is 37.8 Å². The van der Waals surface area contributed by atoms with Gasteiger partial charge in [0.1, 0.15) is 12.5 Å². The van der Waals surface area contributed by atoms with Crippen molar-refractivity contribution in [3.05, 3.63) is 47.7 Å². The van der Waals surface area contributed by atoms with Crippen molar-refractivity contribution in [3.8, 4) is 11.1 Å². The lowest BCUT2D eigenvalue weighted by Gasteiger charge is -2.28. The van der Waals surface area contributed by atoms with Crippen molar-refractivity contribution in [1.82, 2.24) is 9.55 Å². The van der Waals surface area contributed by atoms with Crippen molar-refractivity contribution in [2.45, 2.75) is 32.4 Å². The minimum absolute atomic E-state index is 0.536. The molecule has 3 heterocycles. The highest BCUT2D eigenvalue weighted by Crippen LogP contribution is 2.37. The van der Waals surface area contributed by atoms with Crippen LogP contribution in [0.4, 0.5) is 5.82 Å². The fraction of sp³-hybridized carbons (Fsp3) is 0.435. The SMILES string of the molecule is C[Si](C)(C)CCOCn1cc(-c2cccc(Cl)c2)c2c(N3CCOCC3)nccc21. The number of hydrogen-bond donors (Lipinski definition) is 0. The summed E-state index contributed by atoms with van der Waals surface area (Å²) < 4.78 is 13.8. The number of aromatic nitrogens is 2. The molecule has 1 fully saturated rings. The van der Waals surface area contributed by atoms with Crippen LogP contribution in [-0.4, -0.2) is 50.5 Å². The number of pyridine rings is 1. The van der Waals surface area contributed by atoms with E-state index in [1.165, 1.54) is 0 Å². The average Bonchev–Trinajstić information content (AvgIpc) is 3.10. The number of anilines is 1. The molecule has 0 amide bonds. The Morgan fingerprint density at radius 2 is 1.97 bits per heavy atom. The summed E-state index contributed by atoms with van der Waals surface area (Å²) in [7, 11) is -1.11. The maximum atomic E-state index is 6.32. The smallest absolute Gasteiger partial charge is 0.138 e. The molecule has 1 aliphatic rings. The van der Waals surface area contributed by atoms with Crippen LogP contribution >= 0.6 is 11.6 Å². The van der Waals surface area contributed by atoms with Crippen LogP contribution in [0.2, 0.25) is 30.7 Å². The summed E-state index contributed by atoms with van der Waals surface area (Å²) in [5, 5.41) is 1.88. The maximum absolute atomic E-state index is 6.32. The van der Waals surface area contributed by atoms with Gasteiger partial charge in [-0.1, -0.05) is 43.4 Å². The zero-order valence-corrected chi connectivity index (χ0v) is 19.8. The molecule has 0 spiro atoms. The second kappa shape index (κ2) is 9.10. The van der Waals surface area contributed by atoms with Crippen LogP contribution < -0.4 is 4.90 Å². The van der Waals surface area contributed by atoms with E-state index in [2.05, 4.69) is 47.4 Å². The number of ether oxygens (including phenoxy) is 2. The van der Waals surface area contributed by atoms with E-state index in [9.17, 15) is 0 Å². The van der Waals surface area contributed by atoms with E-state index in [0.717, 1.165) is 71.8 Å². The Bertz CT molecular complexity index is 1010. The molecule has 1 aliphatic heterocycles. The zero-order valence-electron chi connectivity index (χ0n) is 18.0. The van der Waals surface area contributed by atoms with Crippen LogP contribution in [-0.2, 0) is 16.2 Å². The molecule has 1 saturated heterocycles. The Morgan fingerprint density at radius 1 is 1.17 bits per heavy atom. The van der Waals surface area contributed by atoms with Gasteiger partial charge in [-0.05, 0) is 29.8 Å². The largest absolute Gasteiger partial charge is 0.378 e. The molecule has 0 N–H and O–H groups in total. The third-order valence-electron chi connectivity index (χ3n) is 5.45. The van der Waals surface area contributed by atoms with Crippen molar-refractivity contribution >= 4 is 36.4 Å². The first-order valence-corrected chi connectivity index (χ1v) is 14.7. The summed E-state index contributed by atoms with van der Waals surface area (Å²) >= 11 is 6.32. The third kappa shape index (κ3) is 4.89. The summed E-state index contributed by atoms with van der Waals surface area (Å²) in [4.78, 5) is 7.09. The second-order valence-corrected chi connectivity index (χ2v) is 15.1. The van der Waals surface area contributed by atoms with Crippen LogP contribution in [0, 0.1) is 0 Å². The normalized spacial score (nSPS) is 15.1. The van der Waals surface area contributed by atoms with E-state index < -0.39 is 8.07 Å². The first-order chi connectivity index (χ1) is 14.4. The topological polar surface area (TPSA) is 39.5 Å². The van der Waals surface area contributed by atoms with Gasteiger partial charge in [0, 0.05) is 50.8 Å². The summed E-state index contributed by atoms with van der Waals surface area (Å²) in [6.45, 7) is 11.6. The second-order valence-electron chi connectivity index (χ2n) is 9.00. The lowest BCUT2D eigenvalue weighted by molar-refractivity contribution is 0.0903. The average molecular weight is 444 g/mol. The lowest BCUT2D eigenvalue weighted by Crippen LogP contribution is -2.36. The minimum atomic E-state index is -1.11. The van der Waals surface area contributed by atoms with Crippen LogP contribution in [0.15, 0.2) is 42.7 Å². The fourth-order valence-corrected chi connectivity index (χ4v) is 4.71. The van der Waals surface area contributed by atoms with E-state index in [-0.39, 0.29) is 0 Å². The quantitative estimate of drug-likeness (QED) is 0.356. The highest BCUT2D eigenvalue weighted by Gasteiger charge is 2.21. The number of morpholine rings is 1. The van der Waals surface area contributed by atoms with Gasteiger partial charge in [-0.25, -0.2) is 4.98 Å². The predicted octanol–water partition coefficient (Wildman–Crippen LogP) is 5.51. The van der Waals surface area contributed by atoms with E-state index in [0.29, 0.717) is 6.73 Å². The number of benzene rings is 1. The molecule has 0 bridgehead atoms. The molecule has 0 aliphatic carbocycles. The Kier molecular flexibility index (Phi) is 6.48. The van der Waals surface area contributed by atoms with Gasteiger partial charge in [0.15, 0.2) is 0 Å². The Balaban J connectivity index is 1.73. The van der Waals surface area contributed by atoms with Crippen molar-refractivity contribution in [1.29, 1.82) is 0 Å². The zero-order chi connectivity index (χ0) is 21.1. The van der Waals surface area contributed by atoms with E-state index in [4.69, 9.17) is 26.1 Å². The van der Waals surface area contributed by atoms with Crippen molar-refractivity contribution in [3.63, 3.8) is 0 Å². The summed E-state index contributed by atoms with van der Waals surface area (Å²) in [6.07, 6.45) is 4.07. The minimum Gasteiger partial charge on any atom is -0.378 e. The molecular formula is C23H30ClN3O2Si. The predicted molar refractivity (Wildman–Crippen MR) is 127 cm³/mol. The molecule has 0 saturated carbocycles. The highest BCUT2D eigenvalue weighted by molar-refractivity contribution is 6.76. The van der Waals surface area contributed by atoms with Gasteiger partial charge in [-0.15, -0.1) is 0 Å². The van der Waals surface area contributed by atoms with Gasteiger partial charge in [0.05, 0.1) is 24.1 Å². The fourth-order valence-electron chi connectivity index (χ4n) is 3.77. The summed E-state index contributed by atoms with van der Waals surface area (Å²) in [5.74, 6) is 1.01. The number of rotatable bonds is 7. The molecule has 5 nitrogen and oxygen atoms in total. The van der Waals surface area contributed by atoms with Gasteiger partial charge < -0.3 is 18.9 Å². The maximum Gasteiger partial charge on any atom is 0.138 e. The number of hydrogen-bond acceptors (Lipinski definition) is 4. The third-order valence-corrected chi connectivity index (χ3v) is 7.38. The van der Waals surface area contributed by atoms with Gasteiger partial charge in [-0.3, -0.25) is 0 Å². The van der Waals surface area contributed by atoms with Gasteiger partial charge in [0.2, 0.25) is 0 Å². The highest BCUT2D eigenvalue weighted by atomic mass is 35.5. The molecule has 0 radical (unpaired) electrons. The van der Waals surface area contributed by atoms with Gasteiger partial charge >= 0.3 is 0 Å². The van der Waals surface area contributed by atoms with Gasteiger partial charge in [-0.2, -0.15) is 0 Å². The lowest BCUT2D eigenvalue weighted by atomic mass is 10.0. The van der Waals surface area contributed by atoms with Crippen molar-refractivity contribution in [2.24, 2.45) is 0 Å². The summed E-state index contributed by atoms with van der Waals surface area (Å²) in [6, 6.07) is 11.3. The standard InChI is InChI=1S/C23H30ClN3O2Si/c1-30(2,3)14-13-29-17-27-16-20(18-5-4-6-19(24)15-18)22-21(27)7-8-25-23(22)26-9-11-28-12-10-26/h4-8,15-16H,9-14,17H2,1-3H3. The van der Waals surface area contributed by atoms with Crippen molar-refractivity contribution < 1.29 is 9.47 Å². The number of fused-ring (bicyclic) bond motifs is 1. The molecule has 7 heteroatoms.